The first kappa shape index (κ1) is 13.9. The number of pyridine rings is 1. The van der Waals surface area contributed by atoms with Crippen LogP contribution in [0.25, 0.3) is 10.8 Å². The molecule has 3 aromatic rings. The average molecular weight is 343 g/mol. The molecule has 0 aliphatic carbocycles. The number of methoxy groups -OCH3 is 1. The molecule has 106 valence electrons. The maximum Gasteiger partial charge on any atom is 0.213 e. The molecule has 0 amide bonds. The first-order valence-electron chi connectivity index (χ1n) is 6.68. The summed E-state index contributed by atoms with van der Waals surface area (Å²) in [5, 5.41) is 5.82. The lowest BCUT2D eigenvalue weighted by Crippen LogP contribution is -2.02. The Bertz CT molecular complexity index is 774. The predicted octanol–water partition coefficient (Wildman–Crippen LogP) is 4.62. The second kappa shape index (κ2) is 6.14. The van der Waals surface area contributed by atoms with E-state index in [1.807, 2.05) is 18.2 Å². The Hall–Kier alpha value is -2.07. The molecular weight excluding hydrogens is 328 g/mol. The number of hydrogen-bond donors (Lipinski definition) is 1. The van der Waals surface area contributed by atoms with E-state index < -0.39 is 0 Å². The third-order valence-electron chi connectivity index (χ3n) is 3.27. The molecular formula is C17H15BrN2O. The average Bonchev–Trinajstić information content (AvgIpc) is 2.53. The number of anilines is 1. The van der Waals surface area contributed by atoms with Gasteiger partial charge in [0.1, 0.15) is 0 Å². The van der Waals surface area contributed by atoms with Crippen molar-refractivity contribution in [1.29, 1.82) is 0 Å². The summed E-state index contributed by atoms with van der Waals surface area (Å²) in [6, 6.07) is 18.4. The van der Waals surface area contributed by atoms with Gasteiger partial charge in [0, 0.05) is 16.2 Å². The third kappa shape index (κ3) is 3.34. The van der Waals surface area contributed by atoms with Gasteiger partial charge >= 0.3 is 0 Å². The SMILES string of the molecule is COc1cccc(CNc2ccc3cc(Br)ccc3c2)n1. The quantitative estimate of drug-likeness (QED) is 0.751. The molecule has 0 saturated heterocycles. The first-order chi connectivity index (χ1) is 10.2. The van der Waals surface area contributed by atoms with E-state index in [1.165, 1.54) is 10.8 Å². The van der Waals surface area contributed by atoms with Crippen LogP contribution in [0.5, 0.6) is 5.88 Å². The fraction of sp³-hybridized carbons (Fsp3) is 0.118. The molecule has 0 saturated carbocycles. The molecule has 0 unspecified atom stereocenters. The third-order valence-corrected chi connectivity index (χ3v) is 3.76. The van der Waals surface area contributed by atoms with Crippen LogP contribution in [0.15, 0.2) is 59.1 Å². The van der Waals surface area contributed by atoms with E-state index >= 15 is 0 Å². The zero-order valence-corrected chi connectivity index (χ0v) is 13.2. The van der Waals surface area contributed by atoms with Crippen LogP contribution >= 0.6 is 15.9 Å². The standard InChI is InChI=1S/C17H15BrN2O/c1-21-17-4-2-3-16(20-17)11-19-15-8-6-12-9-14(18)7-5-13(12)10-15/h2-10,19H,11H2,1H3. The number of benzene rings is 2. The van der Waals surface area contributed by atoms with Crippen molar-refractivity contribution >= 4 is 32.4 Å². The molecule has 21 heavy (non-hydrogen) atoms. The second-order valence-electron chi connectivity index (χ2n) is 4.73. The molecule has 0 bridgehead atoms. The first-order valence-corrected chi connectivity index (χ1v) is 7.47. The minimum absolute atomic E-state index is 0.637. The number of aromatic nitrogens is 1. The summed E-state index contributed by atoms with van der Waals surface area (Å²) in [6.07, 6.45) is 0. The summed E-state index contributed by atoms with van der Waals surface area (Å²) in [5.41, 5.74) is 2.03. The van der Waals surface area contributed by atoms with Crippen molar-refractivity contribution in [2.24, 2.45) is 0 Å². The van der Waals surface area contributed by atoms with Gasteiger partial charge < -0.3 is 10.1 Å². The fourth-order valence-electron chi connectivity index (χ4n) is 2.19. The van der Waals surface area contributed by atoms with Crippen molar-refractivity contribution in [3.63, 3.8) is 0 Å². The topological polar surface area (TPSA) is 34.1 Å². The Balaban J connectivity index is 1.77. The van der Waals surface area contributed by atoms with Crippen LogP contribution in [0.2, 0.25) is 0 Å². The zero-order chi connectivity index (χ0) is 14.7. The highest BCUT2D eigenvalue weighted by Crippen LogP contribution is 2.23. The maximum absolute atomic E-state index is 5.13. The Morgan fingerprint density at radius 1 is 1.05 bits per heavy atom. The molecule has 0 aliphatic rings. The summed E-state index contributed by atoms with van der Waals surface area (Å²) in [5.74, 6) is 0.637. The summed E-state index contributed by atoms with van der Waals surface area (Å²) in [4.78, 5) is 4.39. The molecule has 1 N–H and O–H groups in total. The Morgan fingerprint density at radius 2 is 1.86 bits per heavy atom. The zero-order valence-electron chi connectivity index (χ0n) is 11.6. The van der Waals surface area contributed by atoms with Crippen LogP contribution < -0.4 is 10.1 Å². The number of rotatable bonds is 4. The Kier molecular flexibility index (Phi) is 4.06. The monoisotopic (exact) mass is 342 g/mol. The van der Waals surface area contributed by atoms with Crippen LogP contribution in [0.1, 0.15) is 5.69 Å². The van der Waals surface area contributed by atoms with Gasteiger partial charge in [-0.25, -0.2) is 4.98 Å². The van der Waals surface area contributed by atoms with Crippen LogP contribution in [0, 0.1) is 0 Å². The molecule has 1 heterocycles. The number of fused-ring (bicyclic) bond motifs is 1. The second-order valence-corrected chi connectivity index (χ2v) is 5.65. The molecule has 2 aromatic carbocycles. The van der Waals surface area contributed by atoms with Crippen LogP contribution in [-0.2, 0) is 6.54 Å². The van der Waals surface area contributed by atoms with Crippen LogP contribution in [0.3, 0.4) is 0 Å². The number of nitrogens with zero attached hydrogens (tertiary/aromatic N) is 1. The summed E-state index contributed by atoms with van der Waals surface area (Å²) < 4.78 is 6.23. The van der Waals surface area contributed by atoms with Crippen LogP contribution in [-0.4, -0.2) is 12.1 Å². The van der Waals surface area contributed by atoms with Crippen molar-refractivity contribution in [1.82, 2.24) is 4.98 Å². The highest BCUT2D eigenvalue weighted by atomic mass is 79.9. The molecule has 0 fully saturated rings. The summed E-state index contributed by atoms with van der Waals surface area (Å²) >= 11 is 3.49. The smallest absolute Gasteiger partial charge is 0.213 e. The van der Waals surface area contributed by atoms with Crippen molar-refractivity contribution in [2.75, 3.05) is 12.4 Å². The molecule has 0 radical (unpaired) electrons. The minimum Gasteiger partial charge on any atom is -0.481 e. The highest BCUT2D eigenvalue weighted by Gasteiger charge is 2.00. The van der Waals surface area contributed by atoms with Gasteiger partial charge in [0.2, 0.25) is 5.88 Å². The van der Waals surface area contributed by atoms with Gasteiger partial charge in [-0.2, -0.15) is 0 Å². The van der Waals surface area contributed by atoms with Gasteiger partial charge in [0.05, 0.1) is 19.3 Å². The predicted molar refractivity (Wildman–Crippen MR) is 89.8 cm³/mol. The van der Waals surface area contributed by atoms with Crippen LogP contribution in [0.4, 0.5) is 5.69 Å². The lowest BCUT2D eigenvalue weighted by Gasteiger charge is -2.08. The van der Waals surface area contributed by atoms with Gasteiger partial charge in [0.25, 0.3) is 0 Å². The van der Waals surface area contributed by atoms with E-state index in [0.29, 0.717) is 12.4 Å². The number of nitrogens with one attached hydrogen (secondary N) is 1. The molecule has 1 aromatic heterocycles. The Labute approximate surface area is 132 Å². The number of ether oxygens (including phenoxy) is 1. The van der Waals surface area contributed by atoms with E-state index in [4.69, 9.17) is 4.74 Å². The van der Waals surface area contributed by atoms with E-state index in [1.54, 1.807) is 7.11 Å². The number of halogens is 1. The summed E-state index contributed by atoms with van der Waals surface area (Å²) in [6.45, 7) is 0.666. The largest absolute Gasteiger partial charge is 0.481 e. The molecule has 0 spiro atoms. The lowest BCUT2D eigenvalue weighted by atomic mass is 10.1. The molecule has 4 heteroatoms. The molecule has 3 rings (SSSR count). The van der Waals surface area contributed by atoms with Gasteiger partial charge in [-0.1, -0.05) is 34.1 Å². The van der Waals surface area contributed by atoms with Gasteiger partial charge in [-0.3, -0.25) is 0 Å². The van der Waals surface area contributed by atoms with E-state index in [9.17, 15) is 0 Å². The van der Waals surface area contributed by atoms with Crippen molar-refractivity contribution in [3.05, 3.63) is 64.8 Å². The lowest BCUT2D eigenvalue weighted by molar-refractivity contribution is 0.396. The van der Waals surface area contributed by atoms with Crippen molar-refractivity contribution in [2.45, 2.75) is 6.54 Å². The van der Waals surface area contributed by atoms with Gasteiger partial charge in [0.15, 0.2) is 0 Å². The molecule has 0 aliphatic heterocycles. The Morgan fingerprint density at radius 3 is 2.71 bits per heavy atom. The minimum atomic E-state index is 0.637. The van der Waals surface area contributed by atoms with E-state index in [2.05, 4.69) is 62.6 Å². The van der Waals surface area contributed by atoms with E-state index in [0.717, 1.165) is 15.9 Å². The van der Waals surface area contributed by atoms with Gasteiger partial charge in [-0.15, -0.1) is 0 Å². The fourth-order valence-corrected chi connectivity index (χ4v) is 2.57. The maximum atomic E-state index is 5.13. The molecule has 0 atom stereocenters. The summed E-state index contributed by atoms with van der Waals surface area (Å²) in [7, 11) is 1.63. The number of hydrogen-bond acceptors (Lipinski definition) is 3. The molecule has 3 nitrogen and oxygen atoms in total. The van der Waals surface area contributed by atoms with Gasteiger partial charge in [-0.05, 0) is 41.1 Å². The highest BCUT2D eigenvalue weighted by molar-refractivity contribution is 9.10. The van der Waals surface area contributed by atoms with Crippen molar-refractivity contribution < 1.29 is 4.74 Å². The van der Waals surface area contributed by atoms with Crippen molar-refractivity contribution in [3.8, 4) is 5.88 Å². The normalized spacial score (nSPS) is 10.6. The van der Waals surface area contributed by atoms with E-state index in [-0.39, 0.29) is 0 Å².